The summed E-state index contributed by atoms with van der Waals surface area (Å²) < 4.78 is 33.3. The summed E-state index contributed by atoms with van der Waals surface area (Å²) in [5, 5.41) is 12.7. The van der Waals surface area contributed by atoms with Gasteiger partial charge >= 0.3 is 12.3 Å². The number of nitrogens with one attached hydrogen (secondary N) is 1. The summed E-state index contributed by atoms with van der Waals surface area (Å²) in [6, 6.07) is 4.93. The van der Waals surface area contributed by atoms with Crippen LogP contribution >= 0.6 is 23.4 Å². The van der Waals surface area contributed by atoms with E-state index in [1.807, 2.05) is 0 Å². The zero-order valence-electron chi connectivity index (χ0n) is 14.7. The lowest BCUT2D eigenvalue weighted by Gasteiger charge is -2.40. The Morgan fingerprint density at radius 1 is 1.25 bits per heavy atom. The lowest BCUT2D eigenvalue weighted by molar-refractivity contribution is -0.792. The molecule has 0 saturated heterocycles. The molecule has 1 fully saturated rings. The van der Waals surface area contributed by atoms with Crippen molar-refractivity contribution in [2.75, 3.05) is 0 Å². The number of carbonyl (C=O) groups is 1. The van der Waals surface area contributed by atoms with Crippen LogP contribution in [0.5, 0.6) is 0 Å². The van der Waals surface area contributed by atoms with E-state index in [4.69, 9.17) is 28.1 Å². The molecule has 1 aromatic heterocycles. The van der Waals surface area contributed by atoms with E-state index in [0.29, 0.717) is 0 Å². The first-order valence-electron chi connectivity index (χ1n) is 8.67. The number of nitrogens with zero attached hydrogens (tertiary/aromatic N) is 1. The van der Waals surface area contributed by atoms with Gasteiger partial charge < -0.3 is 5.11 Å². The Balaban J connectivity index is 2.25. The highest BCUT2D eigenvalue weighted by molar-refractivity contribution is 6.31. The molecule has 1 N–H and O–H groups in total. The van der Waals surface area contributed by atoms with Gasteiger partial charge in [-0.1, -0.05) is 35.4 Å². The molecule has 0 bridgehead atoms. The molecule has 1 amide bonds. The number of halogens is 4. The number of amides is 1. The van der Waals surface area contributed by atoms with E-state index in [0.717, 1.165) is 43.4 Å². The van der Waals surface area contributed by atoms with Crippen molar-refractivity contribution in [2.45, 2.75) is 43.6 Å². The van der Waals surface area contributed by atoms with Crippen LogP contribution in [0.25, 0.3) is 0 Å². The second-order valence-electron chi connectivity index (χ2n) is 6.62. The van der Waals surface area contributed by atoms with Crippen molar-refractivity contribution in [3.8, 4) is 0 Å². The number of pyridine rings is 1. The molecule has 0 aromatic carbocycles. The van der Waals surface area contributed by atoms with Crippen molar-refractivity contribution in [3.63, 3.8) is 0 Å². The van der Waals surface area contributed by atoms with Gasteiger partial charge in [0.2, 0.25) is 5.91 Å². The highest BCUT2D eigenvalue weighted by Gasteiger charge is 2.54. The predicted octanol–water partition coefficient (Wildman–Crippen LogP) is 2.80. The quantitative estimate of drug-likeness (QED) is 0.576. The molecule has 1 heterocycles. The first-order valence-corrected chi connectivity index (χ1v) is 9.43. The molecule has 0 spiro atoms. The minimum atomic E-state index is -3.19. The number of aromatic nitrogens is 1. The van der Waals surface area contributed by atoms with Gasteiger partial charge in [-0.3, -0.25) is 9.63 Å². The number of ether oxygens (including phenoxy) is 1. The van der Waals surface area contributed by atoms with Gasteiger partial charge in [-0.25, -0.2) is 4.74 Å². The van der Waals surface area contributed by atoms with Crippen LogP contribution in [-0.2, 0) is 15.3 Å². The average molecular weight is 431 g/mol. The number of rotatable bonds is 5. The van der Waals surface area contributed by atoms with Crippen LogP contribution in [0.15, 0.2) is 65.0 Å². The summed E-state index contributed by atoms with van der Waals surface area (Å²) in [5.41, 5.74) is -3.42. The highest BCUT2D eigenvalue weighted by atomic mass is 35.5. The maximum absolute atomic E-state index is 13.5. The monoisotopic (exact) mass is 430 g/mol. The van der Waals surface area contributed by atoms with Gasteiger partial charge in [-0.05, 0) is 31.8 Å². The number of carbonyl (C=O) groups excluding carboxylic acids is 1. The molecule has 1 saturated carbocycles. The second kappa shape index (κ2) is 8.29. The standard InChI is InChI=1S/C19H18Cl2F2N2O3/c20-15-12-18(27,16(26)24-21)11-14(10-13-6-2-3-7-13)19(15,28-17(22)23)25-8-4-1-5-9-25/h1,4-5,8-12,17H,2-3,6-7H2,(H,24,26). The van der Waals surface area contributed by atoms with Crippen LogP contribution < -0.4 is 14.5 Å². The Morgan fingerprint density at radius 2 is 1.89 bits per heavy atom. The minimum Gasteiger partial charge on any atom is -0.836 e. The molecule has 1 aromatic rings. The van der Waals surface area contributed by atoms with Gasteiger partial charge in [0.05, 0.1) is 5.57 Å². The molecule has 0 aliphatic heterocycles. The number of alkyl halides is 2. The molecular formula is C19H18Cl2F2N2O3. The van der Waals surface area contributed by atoms with Crippen molar-refractivity contribution in [3.05, 3.63) is 65.0 Å². The molecule has 5 nitrogen and oxygen atoms in total. The van der Waals surface area contributed by atoms with Gasteiger partial charge in [0.25, 0.3) is 0 Å². The molecule has 2 aliphatic rings. The van der Waals surface area contributed by atoms with Crippen molar-refractivity contribution >= 4 is 29.3 Å². The second-order valence-corrected chi connectivity index (χ2v) is 7.22. The van der Waals surface area contributed by atoms with Crippen LogP contribution in [0.2, 0.25) is 0 Å². The maximum Gasteiger partial charge on any atom is 0.350 e. The highest BCUT2D eigenvalue weighted by Crippen LogP contribution is 2.42. The summed E-state index contributed by atoms with van der Waals surface area (Å²) >= 11 is 11.7. The summed E-state index contributed by atoms with van der Waals surface area (Å²) in [5.74, 6) is -1.07. The Morgan fingerprint density at radius 3 is 2.46 bits per heavy atom. The van der Waals surface area contributed by atoms with Gasteiger partial charge in [0, 0.05) is 29.5 Å². The third-order valence-electron chi connectivity index (χ3n) is 4.81. The minimum absolute atomic E-state index is 0.0590. The van der Waals surface area contributed by atoms with E-state index in [9.17, 15) is 18.7 Å². The van der Waals surface area contributed by atoms with Crippen LogP contribution in [0, 0.1) is 0 Å². The van der Waals surface area contributed by atoms with Crippen molar-refractivity contribution in [1.82, 2.24) is 4.84 Å². The summed E-state index contributed by atoms with van der Waals surface area (Å²) in [6.45, 7) is -3.19. The van der Waals surface area contributed by atoms with E-state index in [-0.39, 0.29) is 10.6 Å². The fraction of sp³-hybridized carbons (Fsp3) is 0.368. The van der Waals surface area contributed by atoms with E-state index in [1.165, 1.54) is 17.0 Å². The van der Waals surface area contributed by atoms with E-state index in [1.54, 1.807) is 29.1 Å². The van der Waals surface area contributed by atoms with E-state index >= 15 is 0 Å². The summed E-state index contributed by atoms with van der Waals surface area (Å²) in [6.07, 6.45) is 9.92. The Bertz CT molecular complexity index is 837. The molecule has 28 heavy (non-hydrogen) atoms. The average Bonchev–Trinajstić information content (AvgIpc) is 3.17. The molecule has 2 unspecified atom stereocenters. The lowest BCUT2D eigenvalue weighted by atomic mass is 9.85. The van der Waals surface area contributed by atoms with Crippen molar-refractivity contribution < 1.29 is 28.0 Å². The number of hydrogen-bond donors (Lipinski definition) is 1. The number of allylic oxidation sites excluding steroid dienone is 1. The van der Waals surface area contributed by atoms with Crippen LogP contribution in [0.1, 0.15) is 25.7 Å². The predicted molar refractivity (Wildman–Crippen MR) is 97.0 cm³/mol. The van der Waals surface area contributed by atoms with Gasteiger partial charge in [0.15, 0.2) is 12.4 Å². The lowest BCUT2D eigenvalue weighted by Crippen LogP contribution is -2.64. The fourth-order valence-electron chi connectivity index (χ4n) is 3.53. The van der Waals surface area contributed by atoms with E-state index in [2.05, 4.69) is 0 Å². The van der Waals surface area contributed by atoms with Crippen LogP contribution in [-0.4, -0.2) is 18.1 Å². The molecular weight excluding hydrogens is 413 g/mol. The van der Waals surface area contributed by atoms with Crippen molar-refractivity contribution in [2.24, 2.45) is 0 Å². The molecule has 2 atom stereocenters. The summed E-state index contributed by atoms with van der Waals surface area (Å²) in [4.78, 5) is 13.8. The smallest absolute Gasteiger partial charge is 0.350 e. The Hall–Kier alpha value is -1.80. The summed E-state index contributed by atoms with van der Waals surface area (Å²) in [7, 11) is 0. The van der Waals surface area contributed by atoms with Gasteiger partial charge in [0.1, 0.15) is 5.03 Å². The maximum atomic E-state index is 13.5. The topological polar surface area (TPSA) is 65.3 Å². The van der Waals surface area contributed by atoms with Gasteiger partial charge in [-0.2, -0.15) is 13.3 Å². The normalized spacial score (nSPS) is 27.4. The first-order chi connectivity index (χ1) is 13.3. The zero-order chi connectivity index (χ0) is 20.4. The number of hydrogen-bond acceptors (Lipinski definition) is 3. The SMILES string of the molecule is O=C(NCl)C1([O-])C=C(Cl)C(OC(F)F)([n+]2ccccc2)C(C=C2CCCC2)=C1. The molecule has 150 valence electrons. The first kappa shape index (κ1) is 20.9. The molecule has 3 rings (SSSR count). The van der Waals surface area contributed by atoms with Crippen LogP contribution in [0.4, 0.5) is 8.78 Å². The molecule has 9 heteroatoms. The Kier molecular flexibility index (Phi) is 6.19. The van der Waals surface area contributed by atoms with E-state index < -0.39 is 23.8 Å². The zero-order valence-corrected chi connectivity index (χ0v) is 16.2. The Labute approximate surface area is 171 Å². The molecule has 2 aliphatic carbocycles. The largest absolute Gasteiger partial charge is 0.836 e. The van der Waals surface area contributed by atoms with Gasteiger partial charge in [-0.15, -0.1) is 0 Å². The third kappa shape index (κ3) is 3.85. The third-order valence-corrected chi connectivity index (χ3v) is 5.35. The van der Waals surface area contributed by atoms with Crippen LogP contribution in [0.3, 0.4) is 0 Å². The molecule has 0 radical (unpaired) electrons. The fourth-order valence-corrected chi connectivity index (χ4v) is 4.09. The van der Waals surface area contributed by atoms with Crippen molar-refractivity contribution in [1.29, 1.82) is 0 Å².